The molecule has 1 aliphatic heterocycles. The third kappa shape index (κ3) is 2.67. The first kappa shape index (κ1) is 12.0. The number of hydrogen-bond donors (Lipinski definition) is 1. The first-order valence-electron chi connectivity index (χ1n) is 7.41. The Balaban J connectivity index is 1.49. The van der Waals surface area contributed by atoms with E-state index < -0.39 is 0 Å². The molecule has 1 aromatic rings. The second kappa shape index (κ2) is 5.71. The highest BCUT2D eigenvalue weighted by Crippen LogP contribution is 2.31. The van der Waals surface area contributed by atoms with E-state index in [1.807, 2.05) is 0 Å². The zero-order valence-electron chi connectivity index (χ0n) is 11.1. The topological polar surface area (TPSA) is 12.0 Å². The first-order chi connectivity index (χ1) is 8.93. The van der Waals surface area contributed by atoms with Crippen LogP contribution in [-0.4, -0.2) is 13.1 Å². The molecule has 0 spiro atoms. The lowest BCUT2D eigenvalue weighted by Gasteiger charge is -2.22. The van der Waals surface area contributed by atoms with Crippen molar-refractivity contribution in [2.45, 2.75) is 38.5 Å². The molecule has 3 rings (SSSR count). The van der Waals surface area contributed by atoms with E-state index >= 15 is 0 Å². The summed E-state index contributed by atoms with van der Waals surface area (Å²) in [6.45, 7) is 2.46. The third-order valence-corrected chi connectivity index (χ3v) is 4.45. The molecule has 1 nitrogen and oxygen atoms in total. The summed E-state index contributed by atoms with van der Waals surface area (Å²) in [5.74, 6) is 0.975. The number of rotatable bonds is 4. The van der Waals surface area contributed by atoms with Crippen molar-refractivity contribution in [2.24, 2.45) is 5.92 Å². The normalized spacial score (nSPS) is 19.7. The maximum Gasteiger partial charge on any atom is -0.00463 e. The second-order valence-corrected chi connectivity index (χ2v) is 5.68. The summed E-state index contributed by atoms with van der Waals surface area (Å²) in [6.07, 6.45) is 10.4. The Bertz CT molecular complexity index is 427. The van der Waals surface area contributed by atoms with Crippen LogP contribution in [0.25, 0.3) is 5.57 Å². The molecule has 1 heteroatoms. The summed E-state index contributed by atoms with van der Waals surface area (Å²) < 4.78 is 0. The van der Waals surface area contributed by atoms with E-state index in [0.29, 0.717) is 0 Å². The van der Waals surface area contributed by atoms with Crippen LogP contribution in [0.5, 0.6) is 0 Å². The lowest BCUT2D eigenvalue weighted by molar-refractivity contribution is 0.348. The van der Waals surface area contributed by atoms with Gasteiger partial charge in [-0.2, -0.15) is 0 Å². The number of nitrogens with one attached hydrogen (secondary N) is 1. The van der Waals surface area contributed by atoms with Crippen LogP contribution in [0.4, 0.5) is 0 Å². The molecule has 18 heavy (non-hydrogen) atoms. The van der Waals surface area contributed by atoms with E-state index in [0.717, 1.165) is 12.3 Å². The molecular formula is C17H23N. The monoisotopic (exact) mass is 241 g/mol. The number of benzene rings is 1. The van der Waals surface area contributed by atoms with Gasteiger partial charge in [-0.15, -0.1) is 0 Å². The first-order valence-corrected chi connectivity index (χ1v) is 7.41. The summed E-state index contributed by atoms with van der Waals surface area (Å²) >= 11 is 0. The SMILES string of the molecule is C1=C(CCCC2CCNCC2)c2ccccc2C1. The van der Waals surface area contributed by atoms with Crippen molar-refractivity contribution in [1.82, 2.24) is 5.32 Å². The van der Waals surface area contributed by atoms with Gasteiger partial charge >= 0.3 is 0 Å². The molecule has 2 aliphatic rings. The molecule has 0 amide bonds. The van der Waals surface area contributed by atoms with Crippen molar-refractivity contribution in [3.05, 3.63) is 41.5 Å². The molecular weight excluding hydrogens is 218 g/mol. The summed E-state index contributed by atoms with van der Waals surface area (Å²) in [5, 5.41) is 3.45. The Morgan fingerprint density at radius 3 is 2.83 bits per heavy atom. The molecule has 0 aromatic heterocycles. The van der Waals surface area contributed by atoms with Gasteiger partial charge in [0.1, 0.15) is 0 Å². The Morgan fingerprint density at radius 2 is 1.94 bits per heavy atom. The lowest BCUT2D eigenvalue weighted by atomic mass is 9.91. The third-order valence-electron chi connectivity index (χ3n) is 4.45. The average Bonchev–Trinajstić information content (AvgIpc) is 2.84. The molecule has 1 saturated heterocycles. The van der Waals surface area contributed by atoms with Gasteiger partial charge in [-0.25, -0.2) is 0 Å². The predicted octanol–water partition coefficient (Wildman–Crippen LogP) is 3.80. The smallest absolute Gasteiger partial charge is 0.00463 e. The molecule has 1 aliphatic carbocycles. The zero-order valence-corrected chi connectivity index (χ0v) is 11.1. The maximum absolute atomic E-state index is 3.45. The highest BCUT2D eigenvalue weighted by molar-refractivity contribution is 5.72. The average molecular weight is 241 g/mol. The van der Waals surface area contributed by atoms with Crippen LogP contribution in [0.2, 0.25) is 0 Å². The summed E-state index contributed by atoms with van der Waals surface area (Å²) in [4.78, 5) is 0. The molecule has 96 valence electrons. The van der Waals surface area contributed by atoms with Crippen LogP contribution in [0, 0.1) is 5.92 Å². The van der Waals surface area contributed by atoms with Crippen LogP contribution >= 0.6 is 0 Å². The van der Waals surface area contributed by atoms with Gasteiger partial charge in [-0.05, 0) is 67.8 Å². The van der Waals surface area contributed by atoms with Gasteiger partial charge in [0.2, 0.25) is 0 Å². The number of hydrogen-bond acceptors (Lipinski definition) is 1. The minimum atomic E-state index is 0.975. The Morgan fingerprint density at radius 1 is 1.11 bits per heavy atom. The molecule has 1 N–H and O–H groups in total. The van der Waals surface area contributed by atoms with Gasteiger partial charge in [0, 0.05) is 0 Å². The quantitative estimate of drug-likeness (QED) is 0.845. The number of allylic oxidation sites excluding steroid dienone is 2. The molecule has 0 unspecified atom stereocenters. The molecule has 1 aromatic carbocycles. The van der Waals surface area contributed by atoms with Crippen molar-refractivity contribution in [3.8, 4) is 0 Å². The van der Waals surface area contributed by atoms with E-state index in [9.17, 15) is 0 Å². The number of fused-ring (bicyclic) bond motifs is 1. The Hall–Kier alpha value is -1.08. The Kier molecular flexibility index (Phi) is 3.80. The highest BCUT2D eigenvalue weighted by atomic mass is 14.9. The summed E-state index contributed by atoms with van der Waals surface area (Å²) in [6, 6.07) is 8.89. The van der Waals surface area contributed by atoms with Crippen molar-refractivity contribution in [3.63, 3.8) is 0 Å². The van der Waals surface area contributed by atoms with E-state index in [1.165, 1.54) is 56.3 Å². The van der Waals surface area contributed by atoms with Crippen molar-refractivity contribution in [2.75, 3.05) is 13.1 Å². The zero-order chi connectivity index (χ0) is 12.2. The van der Waals surface area contributed by atoms with Gasteiger partial charge in [0.05, 0.1) is 0 Å². The molecule has 1 heterocycles. The van der Waals surface area contributed by atoms with E-state index in [1.54, 1.807) is 5.57 Å². The van der Waals surface area contributed by atoms with Crippen LogP contribution in [0.15, 0.2) is 30.3 Å². The predicted molar refractivity (Wildman–Crippen MR) is 77.6 cm³/mol. The van der Waals surface area contributed by atoms with E-state index in [2.05, 4.69) is 35.7 Å². The van der Waals surface area contributed by atoms with Gasteiger partial charge in [0.25, 0.3) is 0 Å². The fourth-order valence-electron chi connectivity index (χ4n) is 3.34. The lowest BCUT2D eigenvalue weighted by Crippen LogP contribution is -2.27. The summed E-state index contributed by atoms with van der Waals surface area (Å²) in [5.41, 5.74) is 4.64. The van der Waals surface area contributed by atoms with E-state index in [4.69, 9.17) is 0 Å². The second-order valence-electron chi connectivity index (χ2n) is 5.68. The minimum Gasteiger partial charge on any atom is -0.317 e. The van der Waals surface area contributed by atoms with Gasteiger partial charge in [-0.1, -0.05) is 36.8 Å². The van der Waals surface area contributed by atoms with E-state index in [-0.39, 0.29) is 0 Å². The molecule has 0 saturated carbocycles. The molecule has 0 atom stereocenters. The molecule has 0 radical (unpaired) electrons. The number of piperidine rings is 1. The largest absolute Gasteiger partial charge is 0.317 e. The van der Waals surface area contributed by atoms with Gasteiger partial charge in [-0.3, -0.25) is 0 Å². The van der Waals surface area contributed by atoms with Gasteiger partial charge in [0.15, 0.2) is 0 Å². The van der Waals surface area contributed by atoms with Crippen LogP contribution in [-0.2, 0) is 6.42 Å². The maximum atomic E-state index is 3.45. The van der Waals surface area contributed by atoms with Crippen LogP contribution in [0.3, 0.4) is 0 Å². The molecule has 1 fully saturated rings. The molecule has 0 bridgehead atoms. The summed E-state index contributed by atoms with van der Waals surface area (Å²) in [7, 11) is 0. The fraction of sp³-hybridized carbons (Fsp3) is 0.529. The minimum absolute atomic E-state index is 0.975. The van der Waals surface area contributed by atoms with Crippen LogP contribution < -0.4 is 5.32 Å². The van der Waals surface area contributed by atoms with Crippen LogP contribution in [0.1, 0.15) is 43.2 Å². The standard InChI is InChI=1S/C17H23N/c1-2-7-17-15(5-1)8-9-16(17)6-3-4-14-10-12-18-13-11-14/h1-2,5,7,9,14,18H,3-4,6,8,10-13H2. The van der Waals surface area contributed by atoms with Gasteiger partial charge < -0.3 is 5.32 Å². The van der Waals surface area contributed by atoms with Crippen molar-refractivity contribution >= 4 is 5.57 Å². The van der Waals surface area contributed by atoms with Crippen molar-refractivity contribution in [1.29, 1.82) is 0 Å². The Labute approximate surface area is 110 Å². The van der Waals surface area contributed by atoms with Crippen molar-refractivity contribution < 1.29 is 0 Å². The highest BCUT2D eigenvalue weighted by Gasteiger charge is 2.15. The fourth-order valence-corrected chi connectivity index (χ4v) is 3.34.